The van der Waals surface area contributed by atoms with Gasteiger partial charge in [-0.2, -0.15) is 15.0 Å². The van der Waals surface area contributed by atoms with E-state index in [1.807, 2.05) is 6.92 Å². The summed E-state index contributed by atoms with van der Waals surface area (Å²) in [4.78, 5) is 12.7. The first-order valence-electron chi connectivity index (χ1n) is 10.4. The first-order valence-corrected chi connectivity index (χ1v) is 13.5. The minimum Gasteiger partial charge on any atom is -0.394 e. The average Bonchev–Trinajstić information content (AvgIpc) is 3.21. The van der Waals surface area contributed by atoms with Gasteiger partial charge in [0.1, 0.15) is 5.82 Å². The van der Waals surface area contributed by atoms with Crippen LogP contribution in [-0.4, -0.2) is 47.4 Å². The Morgan fingerprint density at radius 1 is 1.25 bits per heavy atom. The topological polar surface area (TPSA) is 117 Å². The van der Waals surface area contributed by atoms with Gasteiger partial charge in [0.15, 0.2) is 5.16 Å². The molecule has 1 aliphatic rings. The normalized spacial score (nSPS) is 16.7. The number of thioether (sulfide) groups is 1. The summed E-state index contributed by atoms with van der Waals surface area (Å²) in [5.74, 6) is 0.0512. The molecule has 2 aromatic rings. The third-order valence-electron chi connectivity index (χ3n) is 5.23. The van der Waals surface area contributed by atoms with Crippen molar-refractivity contribution >= 4 is 45.3 Å². The van der Waals surface area contributed by atoms with Gasteiger partial charge < -0.3 is 10.4 Å². The molecule has 0 amide bonds. The van der Waals surface area contributed by atoms with Crippen molar-refractivity contribution in [3.8, 4) is 0 Å². The summed E-state index contributed by atoms with van der Waals surface area (Å²) in [6.45, 7) is 1.75. The molecule has 0 spiro atoms. The molecule has 1 aromatic heterocycles. The third-order valence-corrected chi connectivity index (χ3v) is 7.11. The molecule has 8 nitrogen and oxygen atoms in total. The van der Waals surface area contributed by atoms with E-state index in [1.54, 1.807) is 6.07 Å². The van der Waals surface area contributed by atoms with Crippen molar-refractivity contribution in [2.24, 2.45) is 5.92 Å². The molecular weight excluding hydrogens is 477 g/mol. The second kappa shape index (κ2) is 11.0. The number of hydrogen-bond donors (Lipinski definition) is 3. The van der Waals surface area contributed by atoms with E-state index in [2.05, 4.69) is 25.0 Å². The lowest BCUT2D eigenvalue weighted by molar-refractivity contribution is 0.254. The number of nitrogens with one attached hydrogen (secondary N) is 2. The number of nitrogens with zero attached hydrogens (tertiary/aromatic N) is 3. The minimum atomic E-state index is -3.61. The zero-order valence-electron chi connectivity index (χ0n) is 17.9. The fourth-order valence-electron chi connectivity index (χ4n) is 3.69. The molecule has 1 saturated carbocycles. The van der Waals surface area contributed by atoms with Crippen LogP contribution in [0, 0.1) is 11.7 Å². The van der Waals surface area contributed by atoms with Crippen molar-refractivity contribution in [3.05, 3.63) is 34.6 Å². The fraction of sp³-hybridized carbons (Fsp3) is 0.550. The molecule has 1 aliphatic carbocycles. The summed E-state index contributed by atoms with van der Waals surface area (Å²) in [6, 6.07) is 4.28. The van der Waals surface area contributed by atoms with Crippen LogP contribution in [0.2, 0.25) is 5.02 Å². The number of aliphatic hydroxyl groups is 1. The standard InChI is InChI=1S/C20H27ClFN5O3S2/c1-12(14-7-8-16(21)17(22)10-14)31-20-25-18(24-19(26-20)27-32(2,29)30)23-15(11-28)9-13-5-3-4-6-13/h7-8,10,12-13,15,28H,3-6,9,11H2,1-2H3,(H2,23,24,25,26,27)/t12?,15-/m1/s1. The molecule has 1 heterocycles. The number of anilines is 2. The smallest absolute Gasteiger partial charge is 0.242 e. The maximum atomic E-state index is 13.8. The Labute approximate surface area is 196 Å². The van der Waals surface area contributed by atoms with Gasteiger partial charge in [-0.15, -0.1) is 0 Å². The second-order valence-corrected chi connectivity index (χ2v) is 11.4. The molecule has 3 N–H and O–H groups in total. The van der Waals surface area contributed by atoms with Crippen molar-refractivity contribution in [1.82, 2.24) is 15.0 Å². The molecule has 2 atom stereocenters. The highest BCUT2D eigenvalue weighted by Gasteiger charge is 2.22. The molecular formula is C20H27ClFN5O3S2. The molecule has 1 fully saturated rings. The van der Waals surface area contributed by atoms with Crippen LogP contribution in [-0.2, 0) is 10.0 Å². The van der Waals surface area contributed by atoms with E-state index in [1.165, 1.54) is 36.7 Å². The maximum absolute atomic E-state index is 13.8. The molecule has 32 heavy (non-hydrogen) atoms. The van der Waals surface area contributed by atoms with E-state index in [-0.39, 0.29) is 40.0 Å². The zero-order valence-corrected chi connectivity index (χ0v) is 20.3. The number of sulfonamides is 1. The van der Waals surface area contributed by atoms with Gasteiger partial charge in [0.05, 0.1) is 23.9 Å². The van der Waals surface area contributed by atoms with Gasteiger partial charge in [0.2, 0.25) is 21.9 Å². The molecule has 176 valence electrons. The van der Waals surface area contributed by atoms with Crippen molar-refractivity contribution < 1.29 is 17.9 Å². The SMILES string of the molecule is CC(Sc1nc(N[C@@H](CO)CC2CCCC2)nc(NS(C)(=O)=O)n1)c1ccc(Cl)c(F)c1. The summed E-state index contributed by atoms with van der Waals surface area (Å²) < 4.78 is 39.5. The first kappa shape index (κ1) is 24.9. The van der Waals surface area contributed by atoms with Gasteiger partial charge in [-0.25, -0.2) is 12.8 Å². The Morgan fingerprint density at radius 3 is 2.56 bits per heavy atom. The highest BCUT2D eigenvalue weighted by Crippen LogP contribution is 2.35. The van der Waals surface area contributed by atoms with E-state index >= 15 is 0 Å². The molecule has 0 aliphatic heterocycles. The Hall–Kier alpha value is -1.69. The molecule has 1 aromatic carbocycles. The van der Waals surface area contributed by atoms with Gasteiger partial charge in [-0.3, -0.25) is 4.72 Å². The lowest BCUT2D eigenvalue weighted by Gasteiger charge is -2.20. The van der Waals surface area contributed by atoms with Gasteiger partial charge >= 0.3 is 0 Å². The molecule has 1 unspecified atom stereocenters. The highest BCUT2D eigenvalue weighted by molar-refractivity contribution is 7.99. The maximum Gasteiger partial charge on any atom is 0.242 e. The van der Waals surface area contributed by atoms with E-state index in [0.29, 0.717) is 11.5 Å². The van der Waals surface area contributed by atoms with Gasteiger partial charge in [-0.05, 0) is 37.0 Å². The largest absolute Gasteiger partial charge is 0.394 e. The number of benzene rings is 1. The zero-order chi connectivity index (χ0) is 23.3. The number of aliphatic hydroxyl groups excluding tert-OH is 1. The summed E-state index contributed by atoms with van der Waals surface area (Å²) in [6.07, 6.45) is 6.44. The van der Waals surface area contributed by atoms with Crippen LogP contribution in [0.15, 0.2) is 23.4 Å². The Bertz CT molecular complexity index is 1040. The summed E-state index contributed by atoms with van der Waals surface area (Å²) >= 11 is 6.99. The number of aromatic nitrogens is 3. The predicted molar refractivity (Wildman–Crippen MR) is 125 cm³/mol. The molecule has 12 heteroatoms. The van der Waals surface area contributed by atoms with Gasteiger partial charge in [0, 0.05) is 5.25 Å². The van der Waals surface area contributed by atoms with Gasteiger partial charge in [-0.1, -0.05) is 55.1 Å². The third kappa shape index (κ3) is 7.43. The summed E-state index contributed by atoms with van der Waals surface area (Å²) in [5.41, 5.74) is 0.680. The van der Waals surface area contributed by atoms with Crippen LogP contribution in [0.1, 0.15) is 49.8 Å². The molecule has 0 radical (unpaired) electrons. The van der Waals surface area contributed by atoms with Crippen molar-refractivity contribution in [2.75, 3.05) is 22.9 Å². The van der Waals surface area contributed by atoms with E-state index in [4.69, 9.17) is 11.6 Å². The monoisotopic (exact) mass is 503 g/mol. The van der Waals surface area contributed by atoms with Crippen LogP contribution in [0.5, 0.6) is 0 Å². The fourth-order valence-corrected chi connectivity index (χ4v) is 5.10. The van der Waals surface area contributed by atoms with E-state index in [0.717, 1.165) is 25.5 Å². The van der Waals surface area contributed by atoms with Crippen LogP contribution >= 0.6 is 23.4 Å². The van der Waals surface area contributed by atoms with Crippen LogP contribution in [0.4, 0.5) is 16.3 Å². The number of halogens is 2. The molecule has 3 rings (SSSR count). The van der Waals surface area contributed by atoms with Crippen LogP contribution in [0.3, 0.4) is 0 Å². The van der Waals surface area contributed by atoms with E-state index < -0.39 is 15.8 Å². The van der Waals surface area contributed by atoms with Crippen molar-refractivity contribution in [3.63, 3.8) is 0 Å². The average molecular weight is 504 g/mol. The summed E-state index contributed by atoms with van der Waals surface area (Å²) in [5, 5.41) is 13.0. The predicted octanol–water partition coefficient (Wildman–Crippen LogP) is 4.24. The number of hydrogen-bond acceptors (Lipinski definition) is 8. The lowest BCUT2D eigenvalue weighted by Crippen LogP contribution is -2.28. The van der Waals surface area contributed by atoms with E-state index in [9.17, 15) is 17.9 Å². The van der Waals surface area contributed by atoms with Crippen molar-refractivity contribution in [2.45, 2.75) is 55.5 Å². The van der Waals surface area contributed by atoms with Crippen molar-refractivity contribution in [1.29, 1.82) is 0 Å². The molecule has 0 bridgehead atoms. The lowest BCUT2D eigenvalue weighted by atomic mass is 9.99. The Kier molecular flexibility index (Phi) is 8.54. The second-order valence-electron chi connectivity index (χ2n) is 7.98. The van der Waals surface area contributed by atoms with Gasteiger partial charge in [0.25, 0.3) is 0 Å². The minimum absolute atomic E-state index is 0.0366. The van der Waals surface area contributed by atoms with Crippen LogP contribution in [0.25, 0.3) is 0 Å². The summed E-state index contributed by atoms with van der Waals surface area (Å²) in [7, 11) is -3.61. The van der Waals surface area contributed by atoms with Crippen LogP contribution < -0.4 is 10.0 Å². The number of rotatable bonds is 10. The Morgan fingerprint density at radius 2 is 1.94 bits per heavy atom. The Balaban J connectivity index is 1.82. The molecule has 0 saturated heterocycles. The quantitative estimate of drug-likeness (QED) is 0.412. The first-order chi connectivity index (χ1) is 15.1. The highest BCUT2D eigenvalue weighted by atomic mass is 35.5.